The highest BCUT2D eigenvalue weighted by Crippen LogP contribution is 2.42. The maximum absolute atomic E-state index is 5.58. The van der Waals surface area contributed by atoms with Crippen LogP contribution < -0.4 is 20.1 Å². The van der Waals surface area contributed by atoms with E-state index in [0.717, 1.165) is 63.4 Å². The van der Waals surface area contributed by atoms with Crippen LogP contribution in [0, 0.1) is 0 Å². The molecule has 1 saturated carbocycles. The molecule has 1 aliphatic carbocycles. The van der Waals surface area contributed by atoms with Gasteiger partial charge in [0.05, 0.1) is 27.4 Å². The van der Waals surface area contributed by atoms with Crippen molar-refractivity contribution in [2.45, 2.75) is 37.5 Å². The summed E-state index contributed by atoms with van der Waals surface area (Å²) in [6.45, 7) is 6.43. The summed E-state index contributed by atoms with van der Waals surface area (Å²) in [4.78, 5) is 6.87. The van der Waals surface area contributed by atoms with E-state index >= 15 is 0 Å². The first-order valence-electron chi connectivity index (χ1n) is 11.2. The van der Waals surface area contributed by atoms with E-state index in [1.165, 1.54) is 37.7 Å². The Hall–Kier alpha value is -1.26. The van der Waals surface area contributed by atoms with E-state index in [1.54, 1.807) is 14.2 Å². The van der Waals surface area contributed by atoms with Gasteiger partial charge in [-0.25, -0.2) is 0 Å². The van der Waals surface area contributed by atoms with Crippen molar-refractivity contribution in [3.63, 3.8) is 0 Å². The molecule has 1 saturated heterocycles. The largest absolute Gasteiger partial charge is 0.493 e. The van der Waals surface area contributed by atoms with Crippen molar-refractivity contribution in [1.82, 2.24) is 15.5 Å². The summed E-state index contributed by atoms with van der Waals surface area (Å²) in [6.07, 6.45) is 6.14. The van der Waals surface area contributed by atoms with Gasteiger partial charge in [0.2, 0.25) is 0 Å². The van der Waals surface area contributed by atoms with E-state index in [0.29, 0.717) is 0 Å². The number of aliphatic imine (C=N–C) groups is 1. The fourth-order valence-electron chi connectivity index (χ4n) is 4.59. The molecule has 0 amide bonds. The van der Waals surface area contributed by atoms with Crippen LogP contribution in [0.4, 0.5) is 0 Å². The maximum atomic E-state index is 5.58. The number of benzene rings is 1. The summed E-state index contributed by atoms with van der Waals surface area (Å²) >= 11 is 0. The molecule has 31 heavy (non-hydrogen) atoms. The van der Waals surface area contributed by atoms with Gasteiger partial charge in [0.1, 0.15) is 0 Å². The lowest BCUT2D eigenvalue weighted by Crippen LogP contribution is -2.48. The van der Waals surface area contributed by atoms with Gasteiger partial charge < -0.3 is 24.8 Å². The third-order valence-corrected chi connectivity index (χ3v) is 6.45. The molecule has 176 valence electrons. The molecule has 0 radical (unpaired) electrons. The molecule has 0 bridgehead atoms. The van der Waals surface area contributed by atoms with E-state index < -0.39 is 0 Å². The molecule has 0 spiro atoms. The quantitative estimate of drug-likeness (QED) is 0.297. The monoisotopic (exact) mass is 546 g/mol. The first-order valence-corrected chi connectivity index (χ1v) is 11.2. The third kappa shape index (κ3) is 7.12. The highest BCUT2D eigenvalue weighted by atomic mass is 127. The predicted molar refractivity (Wildman–Crippen MR) is 136 cm³/mol. The zero-order valence-corrected chi connectivity index (χ0v) is 21.6. The van der Waals surface area contributed by atoms with Crippen LogP contribution in [0.3, 0.4) is 0 Å². The van der Waals surface area contributed by atoms with E-state index in [1.807, 2.05) is 13.1 Å². The number of guanidine groups is 1. The number of rotatable bonds is 8. The molecule has 8 heteroatoms. The van der Waals surface area contributed by atoms with E-state index in [9.17, 15) is 0 Å². The summed E-state index contributed by atoms with van der Waals surface area (Å²) in [5.74, 6) is 2.45. The van der Waals surface area contributed by atoms with Gasteiger partial charge in [0.25, 0.3) is 0 Å². The zero-order valence-electron chi connectivity index (χ0n) is 19.2. The topological polar surface area (TPSA) is 67.4 Å². The van der Waals surface area contributed by atoms with Crippen LogP contribution >= 0.6 is 24.0 Å². The van der Waals surface area contributed by atoms with Crippen LogP contribution in [0.2, 0.25) is 0 Å². The Kier molecular flexibility index (Phi) is 11.2. The van der Waals surface area contributed by atoms with Crippen molar-refractivity contribution in [3.05, 3.63) is 23.8 Å². The van der Waals surface area contributed by atoms with E-state index in [-0.39, 0.29) is 29.4 Å². The number of methoxy groups -OCH3 is 2. The van der Waals surface area contributed by atoms with Crippen molar-refractivity contribution < 1.29 is 14.2 Å². The molecule has 2 N–H and O–H groups in total. The Morgan fingerprint density at radius 1 is 1.06 bits per heavy atom. The molecular weight excluding hydrogens is 507 g/mol. The molecule has 7 nitrogen and oxygen atoms in total. The molecule has 2 fully saturated rings. The lowest BCUT2D eigenvalue weighted by atomic mass is 9.69. The van der Waals surface area contributed by atoms with Crippen molar-refractivity contribution in [2.75, 3.05) is 67.2 Å². The first-order chi connectivity index (χ1) is 14.7. The van der Waals surface area contributed by atoms with Gasteiger partial charge in [-0.05, 0) is 30.5 Å². The molecule has 1 heterocycles. The van der Waals surface area contributed by atoms with Crippen molar-refractivity contribution in [3.8, 4) is 11.5 Å². The zero-order chi connectivity index (χ0) is 21.2. The smallest absolute Gasteiger partial charge is 0.191 e. The molecule has 3 rings (SSSR count). The van der Waals surface area contributed by atoms with Crippen LogP contribution in [0.15, 0.2) is 23.2 Å². The third-order valence-electron chi connectivity index (χ3n) is 6.45. The maximum Gasteiger partial charge on any atom is 0.191 e. The van der Waals surface area contributed by atoms with E-state index in [2.05, 4.69) is 32.7 Å². The Bertz CT molecular complexity index is 689. The minimum atomic E-state index is 0. The molecule has 0 atom stereocenters. The van der Waals surface area contributed by atoms with Crippen LogP contribution in [0.5, 0.6) is 11.5 Å². The lowest BCUT2D eigenvalue weighted by molar-refractivity contribution is 0.0389. The number of ether oxygens (including phenoxy) is 3. The average molecular weight is 546 g/mol. The first kappa shape index (κ1) is 26.0. The van der Waals surface area contributed by atoms with Gasteiger partial charge in [-0.2, -0.15) is 0 Å². The number of nitrogens with zero attached hydrogens (tertiary/aromatic N) is 2. The molecule has 1 aromatic rings. The van der Waals surface area contributed by atoms with Crippen LogP contribution in [0.1, 0.15) is 37.7 Å². The van der Waals surface area contributed by atoms with E-state index in [4.69, 9.17) is 14.2 Å². The number of hydrogen-bond donors (Lipinski definition) is 2. The Morgan fingerprint density at radius 3 is 2.42 bits per heavy atom. The second-order valence-corrected chi connectivity index (χ2v) is 8.22. The Labute approximate surface area is 204 Å². The normalized spacial score (nSPS) is 19.3. The summed E-state index contributed by atoms with van der Waals surface area (Å²) in [5.41, 5.74) is 1.40. The second kappa shape index (κ2) is 13.3. The second-order valence-electron chi connectivity index (χ2n) is 8.22. The Balaban J connectivity index is 0.00000341. The number of halogens is 1. The average Bonchev–Trinajstić information content (AvgIpc) is 2.82. The van der Waals surface area contributed by atoms with Gasteiger partial charge in [-0.3, -0.25) is 9.89 Å². The highest BCUT2D eigenvalue weighted by molar-refractivity contribution is 14.0. The Morgan fingerprint density at radius 2 is 1.77 bits per heavy atom. The standard InChI is InChI=1S/C23H38N4O3.HI/c1-24-22(25-11-12-27-13-15-30-16-14-27)26-18-23(9-5-4-6-10-23)19-7-8-20(28-2)21(17-19)29-3;/h7-8,17H,4-6,9-16,18H2,1-3H3,(H2,24,25,26);1H. The van der Waals surface area contributed by atoms with Gasteiger partial charge in [-0.1, -0.05) is 25.3 Å². The van der Waals surface area contributed by atoms with Crippen molar-refractivity contribution >= 4 is 29.9 Å². The minimum absolute atomic E-state index is 0. The van der Waals surface area contributed by atoms with Crippen LogP contribution in [-0.4, -0.2) is 78.1 Å². The fraction of sp³-hybridized carbons (Fsp3) is 0.696. The highest BCUT2D eigenvalue weighted by Gasteiger charge is 2.34. The van der Waals surface area contributed by atoms with Crippen molar-refractivity contribution in [2.24, 2.45) is 4.99 Å². The summed E-state index contributed by atoms with van der Waals surface area (Å²) < 4.78 is 16.4. The summed E-state index contributed by atoms with van der Waals surface area (Å²) in [6, 6.07) is 6.38. The molecule has 2 aliphatic rings. The van der Waals surface area contributed by atoms with Gasteiger partial charge in [0.15, 0.2) is 17.5 Å². The predicted octanol–water partition coefficient (Wildman–Crippen LogP) is 3.02. The molecular formula is C23H39IN4O3. The SMILES string of the molecule is CN=C(NCCN1CCOCC1)NCC1(c2ccc(OC)c(OC)c2)CCCCC1.I. The molecule has 0 aromatic heterocycles. The summed E-state index contributed by atoms with van der Waals surface area (Å²) in [7, 11) is 5.23. The van der Waals surface area contributed by atoms with Gasteiger partial charge >= 0.3 is 0 Å². The van der Waals surface area contributed by atoms with Gasteiger partial charge in [-0.15, -0.1) is 24.0 Å². The number of nitrogens with one attached hydrogen (secondary N) is 2. The number of hydrogen-bond acceptors (Lipinski definition) is 5. The number of morpholine rings is 1. The van der Waals surface area contributed by atoms with Crippen LogP contribution in [0.25, 0.3) is 0 Å². The van der Waals surface area contributed by atoms with Crippen LogP contribution in [-0.2, 0) is 10.2 Å². The molecule has 0 unspecified atom stereocenters. The molecule has 1 aromatic carbocycles. The lowest BCUT2D eigenvalue weighted by Gasteiger charge is -2.38. The fourth-order valence-corrected chi connectivity index (χ4v) is 4.59. The summed E-state index contributed by atoms with van der Waals surface area (Å²) in [5, 5.41) is 7.08. The molecule has 1 aliphatic heterocycles. The minimum Gasteiger partial charge on any atom is -0.493 e. The van der Waals surface area contributed by atoms with Crippen molar-refractivity contribution in [1.29, 1.82) is 0 Å². The van der Waals surface area contributed by atoms with Gasteiger partial charge in [0, 0.05) is 45.2 Å².